The first-order chi connectivity index (χ1) is 18.6. The van der Waals surface area contributed by atoms with Crippen LogP contribution in [0.4, 0.5) is 17.3 Å². The number of aromatic nitrogens is 2. The summed E-state index contributed by atoms with van der Waals surface area (Å²) in [5.74, 6) is 1.31. The first kappa shape index (κ1) is 25.7. The fourth-order valence-corrected chi connectivity index (χ4v) is 5.07. The first-order valence-electron chi connectivity index (χ1n) is 13.4. The van der Waals surface area contributed by atoms with E-state index in [4.69, 9.17) is 15.5 Å². The zero-order chi connectivity index (χ0) is 26.5. The van der Waals surface area contributed by atoms with Crippen LogP contribution in [0.3, 0.4) is 0 Å². The molecule has 0 spiro atoms. The van der Waals surface area contributed by atoms with Crippen LogP contribution in [0.15, 0.2) is 65.4 Å². The topological polar surface area (TPSA) is 91.9 Å². The maximum Gasteiger partial charge on any atom is 0.227 e. The summed E-state index contributed by atoms with van der Waals surface area (Å²) in [6.45, 7) is 6.69. The molecule has 3 N–H and O–H groups in total. The number of nitrogens with zero attached hydrogens (tertiary/aromatic N) is 5. The van der Waals surface area contributed by atoms with Gasteiger partial charge in [-0.3, -0.25) is 4.99 Å². The van der Waals surface area contributed by atoms with E-state index in [9.17, 15) is 0 Å². The fraction of sp³-hybridized carbons (Fsp3) is 0.367. The SMILES string of the molecule is CCOc1cc(N2CCN(C)CC2)ccc1Nc1ncc2c(n1)C(C(Cc1ccccc1)=NC)=C(N)CC2. The minimum atomic E-state index is 0.513. The third-order valence-corrected chi connectivity index (χ3v) is 7.24. The summed E-state index contributed by atoms with van der Waals surface area (Å²) in [7, 11) is 3.99. The molecule has 2 aromatic carbocycles. The average molecular weight is 512 g/mol. The Balaban J connectivity index is 1.43. The molecule has 0 bridgehead atoms. The minimum Gasteiger partial charge on any atom is -0.492 e. The number of piperazine rings is 1. The van der Waals surface area contributed by atoms with Crippen LogP contribution in [0.25, 0.3) is 5.57 Å². The molecule has 0 amide bonds. The number of nitrogens with one attached hydrogen (secondary N) is 1. The number of nitrogens with two attached hydrogens (primary N) is 1. The Morgan fingerprint density at radius 1 is 1.08 bits per heavy atom. The lowest BCUT2D eigenvalue weighted by molar-refractivity contribution is 0.312. The van der Waals surface area contributed by atoms with Gasteiger partial charge < -0.3 is 25.6 Å². The van der Waals surface area contributed by atoms with Crippen molar-refractivity contribution in [1.29, 1.82) is 0 Å². The van der Waals surface area contributed by atoms with Crippen LogP contribution in [0.2, 0.25) is 0 Å². The van der Waals surface area contributed by atoms with Crippen LogP contribution in [0, 0.1) is 0 Å². The van der Waals surface area contributed by atoms with E-state index < -0.39 is 0 Å². The second-order valence-electron chi connectivity index (χ2n) is 9.83. The third kappa shape index (κ3) is 5.65. The van der Waals surface area contributed by atoms with Crippen molar-refractivity contribution < 1.29 is 4.74 Å². The van der Waals surface area contributed by atoms with E-state index in [1.165, 1.54) is 11.3 Å². The molecule has 2 heterocycles. The molecule has 1 saturated heterocycles. The number of aryl methyl sites for hydroxylation is 1. The van der Waals surface area contributed by atoms with Crippen molar-refractivity contribution in [2.45, 2.75) is 26.2 Å². The molecule has 5 rings (SSSR count). The highest BCUT2D eigenvalue weighted by atomic mass is 16.5. The van der Waals surface area contributed by atoms with Crippen LogP contribution >= 0.6 is 0 Å². The van der Waals surface area contributed by atoms with Crippen molar-refractivity contribution in [2.75, 3.05) is 57.1 Å². The number of likely N-dealkylation sites (N-methyl/N-ethyl adjacent to an activating group) is 1. The summed E-state index contributed by atoms with van der Waals surface area (Å²) >= 11 is 0. The molecule has 8 nitrogen and oxygen atoms in total. The smallest absolute Gasteiger partial charge is 0.227 e. The van der Waals surface area contributed by atoms with Gasteiger partial charge in [0.15, 0.2) is 0 Å². The maximum atomic E-state index is 6.58. The molecule has 198 valence electrons. The lowest BCUT2D eigenvalue weighted by Crippen LogP contribution is -2.44. The lowest BCUT2D eigenvalue weighted by Gasteiger charge is -2.34. The summed E-state index contributed by atoms with van der Waals surface area (Å²) in [6, 6.07) is 16.6. The van der Waals surface area contributed by atoms with Crippen molar-refractivity contribution >= 4 is 28.6 Å². The predicted octanol–water partition coefficient (Wildman–Crippen LogP) is 4.30. The molecule has 0 unspecified atom stereocenters. The van der Waals surface area contributed by atoms with Crippen molar-refractivity contribution in [2.24, 2.45) is 10.7 Å². The Bertz CT molecular complexity index is 1330. The number of hydrogen-bond acceptors (Lipinski definition) is 8. The van der Waals surface area contributed by atoms with E-state index in [-0.39, 0.29) is 0 Å². The number of aliphatic imine (C=N–C) groups is 1. The second-order valence-corrected chi connectivity index (χ2v) is 9.83. The van der Waals surface area contributed by atoms with Gasteiger partial charge in [-0.05, 0) is 50.1 Å². The molecular formula is C30H37N7O. The molecule has 1 aromatic heterocycles. The average Bonchev–Trinajstić information content (AvgIpc) is 2.94. The van der Waals surface area contributed by atoms with Crippen molar-refractivity contribution in [3.63, 3.8) is 0 Å². The molecule has 2 aliphatic rings. The van der Waals surface area contributed by atoms with E-state index >= 15 is 0 Å². The largest absolute Gasteiger partial charge is 0.492 e. The van der Waals surface area contributed by atoms with Gasteiger partial charge in [0.25, 0.3) is 0 Å². The van der Waals surface area contributed by atoms with Gasteiger partial charge in [-0.1, -0.05) is 30.3 Å². The van der Waals surface area contributed by atoms with Crippen LogP contribution in [0.1, 0.15) is 30.2 Å². The van der Waals surface area contributed by atoms with Crippen LogP contribution in [0.5, 0.6) is 5.75 Å². The molecule has 0 atom stereocenters. The Hall–Kier alpha value is -3.91. The summed E-state index contributed by atoms with van der Waals surface area (Å²) in [5, 5.41) is 3.41. The van der Waals surface area contributed by atoms with E-state index in [0.717, 1.165) is 78.7 Å². The molecular weight excluding hydrogens is 474 g/mol. The summed E-state index contributed by atoms with van der Waals surface area (Å²) in [6.07, 6.45) is 4.19. The monoisotopic (exact) mass is 511 g/mol. The molecule has 38 heavy (non-hydrogen) atoms. The number of benzene rings is 2. The summed E-state index contributed by atoms with van der Waals surface area (Å²) in [5.41, 5.74) is 14.4. The van der Waals surface area contributed by atoms with Crippen LogP contribution in [-0.2, 0) is 12.8 Å². The van der Waals surface area contributed by atoms with Gasteiger partial charge in [0.2, 0.25) is 5.95 Å². The third-order valence-electron chi connectivity index (χ3n) is 7.24. The number of fused-ring (bicyclic) bond motifs is 1. The summed E-state index contributed by atoms with van der Waals surface area (Å²) < 4.78 is 6.03. The number of rotatable bonds is 8. The zero-order valence-electron chi connectivity index (χ0n) is 22.6. The molecule has 8 heteroatoms. The summed E-state index contributed by atoms with van der Waals surface area (Å²) in [4.78, 5) is 19.0. The number of anilines is 3. The van der Waals surface area contributed by atoms with Gasteiger partial charge >= 0.3 is 0 Å². The van der Waals surface area contributed by atoms with Gasteiger partial charge in [-0.2, -0.15) is 0 Å². The number of allylic oxidation sites excluding steroid dienone is 2. The van der Waals surface area contributed by atoms with Gasteiger partial charge in [-0.15, -0.1) is 0 Å². The Kier molecular flexibility index (Phi) is 7.89. The number of hydrogen-bond donors (Lipinski definition) is 2. The van der Waals surface area contributed by atoms with E-state index in [1.807, 2.05) is 38.4 Å². The van der Waals surface area contributed by atoms with Gasteiger partial charge in [0.05, 0.1) is 18.0 Å². The molecule has 1 fully saturated rings. The van der Waals surface area contributed by atoms with Crippen LogP contribution in [-0.4, -0.2) is 67.5 Å². The Morgan fingerprint density at radius 2 is 1.87 bits per heavy atom. The maximum absolute atomic E-state index is 6.58. The highest BCUT2D eigenvalue weighted by Crippen LogP contribution is 2.34. The fourth-order valence-electron chi connectivity index (χ4n) is 5.07. The predicted molar refractivity (Wildman–Crippen MR) is 156 cm³/mol. The Labute approximate surface area is 225 Å². The highest BCUT2D eigenvalue weighted by Gasteiger charge is 2.24. The normalized spacial score (nSPS) is 16.4. The minimum absolute atomic E-state index is 0.513. The van der Waals surface area contributed by atoms with E-state index in [1.54, 1.807) is 0 Å². The van der Waals surface area contributed by atoms with E-state index in [0.29, 0.717) is 19.0 Å². The van der Waals surface area contributed by atoms with E-state index in [2.05, 4.69) is 62.5 Å². The van der Waals surface area contributed by atoms with Gasteiger partial charge in [0, 0.05) is 74.6 Å². The quantitative estimate of drug-likeness (QED) is 0.436. The van der Waals surface area contributed by atoms with Gasteiger partial charge in [-0.25, -0.2) is 9.97 Å². The molecule has 3 aromatic rings. The van der Waals surface area contributed by atoms with Crippen molar-refractivity contribution in [1.82, 2.24) is 14.9 Å². The van der Waals surface area contributed by atoms with Gasteiger partial charge in [0.1, 0.15) is 5.75 Å². The zero-order valence-corrected chi connectivity index (χ0v) is 22.6. The molecule has 1 aliphatic carbocycles. The standard InChI is InChI=1S/C30H37N7O/c1-4-38-27-19-23(37-16-14-36(3)15-17-37)11-13-25(27)34-30-33-20-22-10-12-24(31)28(29(22)35-30)26(32-2)18-21-8-6-5-7-9-21/h5-9,11,13,19-20H,4,10,12,14-18,31H2,1-3H3,(H,33,34,35). The molecule has 1 aliphatic heterocycles. The second kappa shape index (κ2) is 11.6. The van der Waals surface area contributed by atoms with Crippen molar-refractivity contribution in [3.8, 4) is 5.75 Å². The first-order valence-corrected chi connectivity index (χ1v) is 13.4. The number of ether oxygens (including phenoxy) is 1. The Morgan fingerprint density at radius 3 is 2.61 bits per heavy atom. The van der Waals surface area contributed by atoms with Crippen molar-refractivity contribution in [3.05, 3.63) is 77.2 Å². The highest BCUT2D eigenvalue weighted by molar-refractivity contribution is 6.25. The molecule has 0 saturated carbocycles. The molecule has 0 radical (unpaired) electrons. The lowest BCUT2D eigenvalue weighted by atomic mass is 9.88. The van der Waals surface area contributed by atoms with Crippen LogP contribution < -0.4 is 20.7 Å².